The SMILES string of the molecule is C=CCN(C(=O)C1N([C@@H](CO)[C@@H](C)CC)C(=O)[C@@H]2[C@H](C(=O)OCC)[C@H]3SC12CC3Br)C(C)(C)C. The van der Waals surface area contributed by atoms with Gasteiger partial charge in [0.15, 0.2) is 0 Å². The first-order chi connectivity index (χ1) is 15.9. The van der Waals surface area contributed by atoms with E-state index in [0.29, 0.717) is 13.0 Å². The van der Waals surface area contributed by atoms with Gasteiger partial charge in [-0.25, -0.2) is 0 Å². The molecule has 3 saturated heterocycles. The van der Waals surface area contributed by atoms with Gasteiger partial charge in [0.2, 0.25) is 11.8 Å². The van der Waals surface area contributed by atoms with Crippen molar-refractivity contribution < 1.29 is 24.2 Å². The highest BCUT2D eigenvalue weighted by Crippen LogP contribution is 2.68. The van der Waals surface area contributed by atoms with Gasteiger partial charge in [-0.1, -0.05) is 42.3 Å². The number of amides is 2. The normalized spacial score (nSPS) is 34.1. The lowest BCUT2D eigenvalue weighted by Gasteiger charge is -2.44. The molecule has 2 bridgehead atoms. The molecule has 34 heavy (non-hydrogen) atoms. The van der Waals surface area contributed by atoms with Gasteiger partial charge in [-0.3, -0.25) is 14.4 Å². The van der Waals surface area contributed by atoms with Gasteiger partial charge in [0.25, 0.3) is 0 Å². The van der Waals surface area contributed by atoms with Crippen molar-refractivity contribution in [1.29, 1.82) is 0 Å². The molecule has 1 N–H and O–H groups in total. The summed E-state index contributed by atoms with van der Waals surface area (Å²) >= 11 is 5.35. The first-order valence-corrected chi connectivity index (χ1v) is 14.0. The number of aliphatic hydroxyl groups is 1. The van der Waals surface area contributed by atoms with Crippen LogP contribution in [0.1, 0.15) is 54.4 Å². The van der Waals surface area contributed by atoms with Crippen LogP contribution in [0.4, 0.5) is 0 Å². The molecule has 2 amide bonds. The zero-order valence-electron chi connectivity index (χ0n) is 21.1. The maximum Gasteiger partial charge on any atom is 0.310 e. The molecule has 0 saturated carbocycles. The van der Waals surface area contributed by atoms with Crippen LogP contribution in [-0.2, 0) is 19.1 Å². The van der Waals surface area contributed by atoms with Crippen LogP contribution in [-0.4, -0.2) is 84.9 Å². The number of fused-ring (bicyclic) bond motifs is 1. The van der Waals surface area contributed by atoms with Gasteiger partial charge in [-0.05, 0) is 40.0 Å². The van der Waals surface area contributed by atoms with Gasteiger partial charge >= 0.3 is 5.97 Å². The lowest BCUT2D eigenvalue weighted by molar-refractivity contribution is -0.154. The molecule has 1 spiro atoms. The van der Waals surface area contributed by atoms with E-state index >= 15 is 0 Å². The van der Waals surface area contributed by atoms with E-state index in [-0.39, 0.29) is 47.0 Å². The van der Waals surface area contributed by atoms with E-state index in [0.717, 1.165) is 6.42 Å². The monoisotopic (exact) mass is 558 g/mol. The Bertz CT molecular complexity index is 833. The van der Waals surface area contributed by atoms with Crippen LogP contribution in [0, 0.1) is 17.8 Å². The number of aliphatic hydroxyl groups excluding tert-OH is 1. The molecule has 0 aromatic carbocycles. The summed E-state index contributed by atoms with van der Waals surface area (Å²) in [6.07, 6.45) is 3.05. The van der Waals surface area contributed by atoms with Gasteiger partial charge < -0.3 is 19.6 Å². The van der Waals surface area contributed by atoms with Crippen molar-refractivity contribution in [1.82, 2.24) is 9.80 Å². The molecule has 9 heteroatoms. The Morgan fingerprint density at radius 2 is 2.06 bits per heavy atom. The number of halogens is 1. The molecule has 0 radical (unpaired) electrons. The Labute approximate surface area is 216 Å². The van der Waals surface area contributed by atoms with E-state index in [1.54, 1.807) is 34.6 Å². The van der Waals surface area contributed by atoms with Crippen LogP contribution in [0.5, 0.6) is 0 Å². The standard InChI is InChI=1S/C25H39BrN2O5S/c1-8-11-27(24(5,6)7)22(31)20-25-12-15(26)19(34-25)17(23(32)33-10-3)18(25)21(30)28(20)16(13-29)14(4)9-2/h8,14-20,29H,1,9-13H2,2-7H3/t14-,15?,16-,17-,18-,19-,20?,25?/m0/s1. The van der Waals surface area contributed by atoms with Gasteiger partial charge in [0.1, 0.15) is 6.04 Å². The second kappa shape index (κ2) is 10.1. The molecule has 192 valence electrons. The highest BCUT2D eigenvalue weighted by Gasteiger charge is 2.77. The Morgan fingerprint density at radius 3 is 2.56 bits per heavy atom. The van der Waals surface area contributed by atoms with Crippen LogP contribution in [0.15, 0.2) is 12.7 Å². The number of esters is 1. The minimum absolute atomic E-state index is 0.00928. The van der Waals surface area contributed by atoms with Crippen molar-refractivity contribution in [2.45, 2.75) is 86.8 Å². The van der Waals surface area contributed by atoms with Crippen molar-refractivity contribution in [2.75, 3.05) is 19.8 Å². The van der Waals surface area contributed by atoms with Gasteiger partial charge in [0, 0.05) is 22.2 Å². The van der Waals surface area contributed by atoms with Crippen LogP contribution in [0.2, 0.25) is 0 Å². The predicted molar refractivity (Wildman–Crippen MR) is 138 cm³/mol. The lowest BCUT2D eigenvalue weighted by Crippen LogP contribution is -2.61. The van der Waals surface area contributed by atoms with E-state index in [1.165, 1.54) is 0 Å². The molecular weight excluding hydrogens is 520 g/mol. The lowest BCUT2D eigenvalue weighted by atomic mass is 9.71. The molecule has 0 aliphatic carbocycles. The molecule has 3 aliphatic heterocycles. The number of carbonyl (C=O) groups is 3. The maximum absolute atomic E-state index is 14.4. The Kier molecular flexibility index (Phi) is 8.20. The zero-order valence-corrected chi connectivity index (χ0v) is 23.5. The van der Waals surface area contributed by atoms with Crippen molar-refractivity contribution in [3.63, 3.8) is 0 Å². The molecule has 0 aromatic heterocycles. The van der Waals surface area contributed by atoms with E-state index in [2.05, 4.69) is 22.5 Å². The summed E-state index contributed by atoms with van der Waals surface area (Å²) in [4.78, 5) is 45.0. The summed E-state index contributed by atoms with van der Waals surface area (Å²) in [6.45, 7) is 15.9. The van der Waals surface area contributed by atoms with Gasteiger partial charge in [0.05, 0.1) is 35.8 Å². The fourth-order valence-corrected chi connectivity index (χ4v) is 9.58. The zero-order chi connectivity index (χ0) is 25.6. The third kappa shape index (κ3) is 4.23. The number of hydrogen-bond donors (Lipinski definition) is 1. The third-order valence-corrected chi connectivity index (χ3v) is 11.0. The van der Waals surface area contributed by atoms with Crippen molar-refractivity contribution in [3.05, 3.63) is 12.7 Å². The fraction of sp³-hybridized carbons (Fsp3) is 0.800. The van der Waals surface area contributed by atoms with Crippen LogP contribution in [0.3, 0.4) is 0 Å². The van der Waals surface area contributed by atoms with Gasteiger partial charge in [-0.15, -0.1) is 18.3 Å². The number of carbonyl (C=O) groups excluding carboxylic acids is 3. The molecule has 3 rings (SSSR count). The number of ether oxygens (including phenoxy) is 1. The first-order valence-electron chi connectivity index (χ1n) is 12.2. The molecule has 3 fully saturated rings. The smallest absolute Gasteiger partial charge is 0.310 e. The van der Waals surface area contributed by atoms with E-state index < -0.39 is 34.2 Å². The topological polar surface area (TPSA) is 87.2 Å². The second-order valence-electron chi connectivity index (χ2n) is 10.7. The van der Waals surface area contributed by atoms with Crippen LogP contribution >= 0.6 is 27.7 Å². The average Bonchev–Trinajstić information content (AvgIpc) is 3.35. The molecular formula is C25H39BrN2O5S. The van der Waals surface area contributed by atoms with Crippen molar-refractivity contribution >= 4 is 45.5 Å². The number of rotatable bonds is 9. The van der Waals surface area contributed by atoms with Crippen molar-refractivity contribution in [3.8, 4) is 0 Å². The highest BCUT2D eigenvalue weighted by molar-refractivity contribution is 9.09. The molecule has 0 aromatic rings. The average molecular weight is 560 g/mol. The van der Waals surface area contributed by atoms with E-state index in [9.17, 15) is 19.5 Å². The summed E-state index contributed by atoms with van der Waals surface area (Å²) in [5.74, 6) is -2.01. The molecule has 3 unspecified atom stereocenters. The minimum Gasteiger partial charge on any atom is -0.466 e. The molecule has 3 aliphatic rings. The minimum atomic E-state index is -0.773. The summed E-state index contributed by atoms with van der Waals surface area (Å²) in [7, 11) is 0. The molecule has 8 atom stereocenters. The largest absolute Gasteiger partial charge is 0.466 e. The Morgan fingerprint density at radius 1 is 1.41 bits per heavy atom. The number of thioether (sulfide) groups is 1. The third-order valence-electron chi connectivity index (χ3n) is 7.75. The highest BCUT2D eigenvalue weighted by atomic mass is 79.9. The quantitative estimate of drug-likeness (QED) is 0.265. The number of alkyl halides is 1. The van der Waals surface area contributed by atoms with E-state index in [1.807, 2.05) is 34.6 Å². The second-order valence-corrected chi connectivity index (χ2v) is 13.4. The van der Waals surface area contributed by atoms with E-state index in [4.69, 9.17) is 4.74 Å². The Balaban J connectivity index is 2.18. The van der Waals surface area contributed by atoms with Gasteiger partial charge in [-0.2, -0.15) is 0 Å². The number of nitrogens with zero attached hydrogens (tertiary/aromatic N) is 2. The summed E-state index contributed by atoms with van der Waals surface area (Å²) in [6, 6.07) is -1.28. The molecule has 3 heterocycles. The Hall–Kier alpha value is -1.06. The first kappa shape index (κ1) is 27.5. The fourth-order valence-electron chi connectivity index (χ4n) is 6.00. The summed E-state index contributed by atoms with van der Waals surface area (Å²) in [5.41, 5.74) is -0.491. The van der Waals surface area contributed by atoms with Crippen molar-refractivity contribution in [2.24, 2.45) is 17.8 Å². The number of likely N-dealkylation sites (tertiary alicyclic amines) is 1. The maximum atomic E-state index is 14.4. The van der Waals surface area contributed by atoms with Crippen LogP contribution in [0.25, 0.3) is 0 Å². The number of hydrogen-bond acceptors (Lipinski definition) is 6. The summed E-state index contributed by atoms with van der Waals surface area (Å²) < 4.78 is 4.65. The predicted octanol–water partition coefficient (Wildman–Crippen LogP) is 3.23. The van der Waals surface area contributed by atoms with Crippen LogP contribution < -0.4 is 0 Å². The molecule has 7 nitrogen and oxygen atoms in total. The summed E-state index contributed by atoms with van der Waals surface area (Å²) in [5, 5.41) is 10.3.